The molecule has 1 aromatic heterocycles. The lowest BCUT2D eigenvalue weighted by molar-refractivity contribution is -0.135. The Labute approximate surface area is 188 Å². The number of carbonyl (C=O) groups is 3. The zero-order chi connectivity index (χ0) is 21.4. The van der Waals surface area contributed by atoms with Crippen LogP contribution in [0.3, 0.4) is 0 Å². The van der Waals surface area contributed by atoms with Gasteiger partial charge in [0.15, 0.2) is 0 Å². The van der Waals surface area contributed by atoms with Gasteiger partial charge in [-0.1, -0.05) is 22.0 Å². The number of thioether (sulfide) groups is 1. The largest absolute Gasteiger partial charge is 0.341 e. The third-order valence-electron chi connectivity index (χ3n) is 5.45. The van der Waals surface area contributed by atoms with Crippen LogP contribution in [0.5, 0.6) is 0 Å². The summed E-state index contributed by atoms with van der Waals surface area (Å²) in [5.41, 5.74) is 3.90. The first-order valence-corrected chi connectivity index (χ1v) is 11.4. The second-order valence-corrected chi connectivity index (χ2v) is 9.41. The van der Waals surface area contributed by atoms with Crippen molar-refractivity contribution in [3.05, 3.63) is 56.7 Å². The molecule has 0 saturated carbocycles. The molecule has 30 heavy (non-hydrogen) atoms. The molecule has 1 aromatic carbocycles. The maximum atomic E-state index is 12.8. The predicted molar refractivity (Wildman–Crippen MR) is 121 cm³/mol. The molecule has 2 aromatic rings. The van der Waals surface area contributed by atoms with Gasteiger partial charge >= 0.3 is 0 Å². The molecule has 156 valence electrons. The second-order valence-electron chi connectivity index (χ2n) is 7.50. The molecular weight excluding hydrogens is 466 g/mol. The fourth-order valence-electron chi connectivity index (χ4n) is 3.93. The van der Waals surface area contributed by atoms with Gasteiger partial charge in [0.05, 0.1) is 4.91 Å². The van der Waals surface area contributed by atoms with Crippen molar-refractivity contribution in [1.82, 2.24) is 14.4 Å². The summed E-state index contributed by atoms with van der Waals surface area (Å²) >= 11 is 4.40. The third-order valence-corrected chi connectivity index (χ3v) is 6.85. The van der Waals surface area contributed by atoms with E-state index in [1.165, 1.54) is 0 Å². The fourth-order valence-corrected chi connectivity index (χ4v) is 5.14. The van der Waals surface area contributed by atoms with E-state index in [4.69, 9.17) is 0 Å². The molecule has 0 aliphatic carbocycles. The highest BCUT2D eigenvalue weighted by Gasteiger charge is 2.37. The van der Waals surface area contributed by atoms with Crippen LogP contribution in [0.4, 0.5) is 4.79 Å². The number of rotatable bonds is 4. The Kier molecular flexibility index (Phi) is 5.88. The molecule has 0 N–H and O–H groups in total. The van der Waals surface area contributed by atoms with Crippen LogP contribution in [0.25, 0.3) is 11.8 Å². The topological polar surface area (TPSA) is 62.6 Å². The molecule has 0 radical (unpaired) electrons. The fraction of sp³-hybridized carbons (Fsp3) is 0.318. The summed E-state index contributed by atoms with van der Waals surface area (Å²) in [5.74, 6) is -0.561. The highest BCUT2D eigenvalue weighted by Crippen LogP contribution is 2.34. The molecule has 0 spiro atoms. The van der Waals surface area contributed by atoms with Gasteiger partial charge in [-0.15, -0.1) is 0 Å². The summed E-state index contributed by atoms with van der Waals surface area (Å²) in [6.07, 6.45) is 3.70. The minimum Gasteiger partial charge on any atom is -0.341 e. The monoisotopic (exact) mass is 487 g/mol. The average molecular weight is 488 g/mol. The normalized spacial score (nSPS) is 18.2. The molecule has 0 atom stereocenters. The van der Waals surface area contributed by atoms with Gasteiger partial charge in [-0.25, -0.2) is 0 Å². The van der Waals surface area contributed by atoms with Crippen LogP contribution in [-0.4, -0.2) is 51.1 Å². The van der Waals surface area contributed by atoms with Crippen molar-refractivity contribution >= 4 is 50.8 Å². The first-order chi connectivity index (χ1) is 14.3. The minimum atomic E-state index is -0.398. The van der Waals surface area contributed by atoms with Crippen molar-refractivity contribution in [3.8, 4) is 5.69 Å². The maximum Gasteiger partial charge on any atom is 0.294 e. The number of amides is 3. The summed E-state index contributed by atoms with van der Waals surface area (Å²) in [4.78, 5) is 40.7. The third kappa shape index (κ3) is 3.98. The molecule has 2 fully saturated rings. The maximum absolute atomic E-state index is 12.8. The first kappa shape index (κ1) is 20.9. The number of likely N-dealkylation sites (tertiary alicyclic amines) is 1. The van der Waals surface area contributed by atoms with E-state index in [-0.39, 0.29) is 17.7 Å². The van der Waals surface area contributed by atoms with Gasteiger partial charge in [-0.3, -0.25) is 19.3 Å². The molecule has 0 bridgehead atoms. The van der Waals surface area contributed by atoms with Crippen LogP contribution in [0, 0.1) is 13.8 Å². The lowest BCUT2D eigenvalue weighted by atomic mass is 10.2. The highest BCUT2D eigenvalue weighted by molar-refractivity contribution is 9.10. The smallest absolute Gasteiger partial charge is 0.294 e. The molecule has 3 heterocycles. The van der Waals surface area contributed by atoms with Gasteiger partial charge < -0.3 is 9.47 Å². The van der Waals surface area contributed by atoms with Crippen molar-refractivity contribution in [2.75, 3.05) is 19.6 Å². The molecular formula is C22H22BrN3O3S. The zero-order valence-electron chi connectivity index (χ0n) is 16.9. The molecule has 3 amide bonds. The molecule has 4 rings (SSSR count). The van der Waals surface area contributed by atoms with Crippen LogP contribution in [0.2, 0.25) is 0 Å². The number of hydrogen-bond donors (Lipinski definition) is 0. The SMILES string of the molecule is Cc1cc(/C=C2/SC(=O)N(CC(=O)N3CCCC3)C2=O)c(C)n1-c1cccc(Br)c1. The summed E-state index contributed by atoms with van der Waals surface area (Å²) in [5, 5.41) is -0.389. The van der Waals surface area contributed by atoms with E-state index < -0.39 is 5.91 Å². The summed E-state index contributed by atoms with van der Waals surface area (Å²) in [6, 6.07) is 9.99. The zero-order valence-corrected chi connectivity index (χ0v) is 19.3. The first-order valence-electron chi connectivity index (χ1n) is 9.83. The number of aromatic nitrogens is 1. The Bertz CT molecular complexity index is 1070. The van der Waals surface area contributed by atoms with Crippen molar-refractivity contribution in [2.24, 2.45) is 0 Å². The van der Waals surface area contributed by atoms with Crippen molar-refractivity contribution in [2.45, 2.75) is 26.7 Å². The van der Waals surface area contributed by atoms with E-state index in [1.54, 1.807) is 11.0 Å². The Morgan fingerprint density at radius 1 is 1.17 bits per heavy atom. The van der Waals surface area contributed by atoms with Crippen LogP contribution >= 0.6 is 27.7 Å². The van der Waals surface area contributed by atoms with Gasteiger partial charge in [-0.2, -0.15) is 0 Å². The molecule has 2 aliphatic heterocycles. The van der Waals surface area contributed by atoms with Gasteiger partial charge in [0.25, 0.3) is 11.1 Å². The summed E-state index contributed by atoms with van der Waals surface area (Å²) in [7, 11) is 0. The number of halogens is 1. The Morgan fingerprint density at radius 3 is 2.60 bits per heavy atom. The lowest BCUT2D eigenvalue weighted by Crippen LogP contribution is -2.40. The molecule has 6 nitrogen and oxygen atoms in total. The number of benzene rings is 1. The van der Waals surface area contributed by atoms with Crippen molar-refractivity contribution < 1.29 is 14.4 Å². The second kappa shape index (κ2) is 8.43. The van der Waals surface area contributed by atoms with Crippen LogP contribution in [-0.2, 0) is 9.59 Å². The van der Waals surface area contributed by atoms with E-state index in [9.17, 15) is 14.4 Å². The van der Waals surface area contributed by atoms with E-state index in [1.807, 2.05) is 44.2 Å². The van der Waals surface area contributed by atoms with Gasteiger partial charge in [-0.05, 0) is 74.4 Å². The van der Waals surface area contributed by atoms with Gasteiger partial charge in [0, 0.05) is 34.6 Å². The van der Waals surface area contributed by atoms with E-state index >= 15 is 0 Å². The summed E-state index contributed by atoms with van der Waals surface area (Å²) < 4.78 is 3.09. The Morgan fingerprint density at radius 2 is 1.90 bits per heavy atom. The van der Waals surface area contributed by atoms with E-state index in [2.05, 4.69) is 20.5 Å². The van der Waals surface area contributed by atoms with Crippen LogP contribution in [0.15, 0.2) is 39.7 Å². The van der Waals surface area contributed by atoms with Crippen LogP contribution < -0.4 is 0 Å². The van der Waals surface area contributed by atoms with Crippen molar-refractivity contribution in [3.63, 3.8) is 0 Å². The van der Waals surface area contributed by atoms with Crippen molar-refractivity contribution in [1.29, 1.82) is 0 Å². The number of carbonyl (C=O) groups excluding carboxylic acids is 3. The minimum absolute atomic E-state index is 0.163. The number of aryl methyl sites for hydroxylation is 1. The van der Waals surface area contributed by atoms with Crippen LogP contribution in [0.1, 0.15) is 29.8 Å². The molecule has 8 heteroatoms. The van der Waals surface area contributed by atoms with E-state index in [0.717, 1.165) is 56.6 Å². The Balaban J connectivity index is 1.58. The summed E-state index contributed by atoms with van der Waals surface area (Å²) in [6.45, 7) is 5.21. The number of nitrogens with zero attached hydrogens (tertiary/aromatic N) is 3. The standard InChI is InChI=1S/C22H22BrN3O3S/c1-14-10-16(15(2)26(14)18-7-5-6-17(23)12-18)11-19-21(28)25(22(29)30-19)13-20(27)24-8-3-4-9-24/h5-7,10-12H,3-4,8-9,13H2,1-2H3/b19-11+. The highest BCUT2D eigenvalue weighted by atomic mass is 79.9. The van der Waals surface area contributed by atoms with E-state index in [0.29, 0.717) is 18.0 Å². The molecule has 0 unspecified atom stereocenters. The predicted octanol–water partition coefficient (Wildman–Crippen LogP) is 4.52. The number of hydrogen-bond acceptors (Lipinski definition) is 4. The molecule has 2 aliphatic rings. The quantitative estimate of drug-likeness (QED) is 0.594. The molecule has 2 saturated heterocycles. The lowest BCUT2D eigenvalue weighted by Gasteiger charge is -2.18. The van der Waals surface area contributed by atoms with Gasteiger partial charge in [0.2, 0.25) is 5.91 Å². The van der Waals surface area contributed by atoms with Gasteiger partial charge in [0.1, 0.15) is 6.54 Å². The number of imide groups is 1. The average Bonchev–Trinajstić information content (AvgIpc) is 3.39. The Hall–Kier alpha value is -2.32.